The maximum Gasteiger partial charge on any atom is 0.250 e. The van der Waals surface area contributed by atoms with Crippen LogP contribution in [0.5, 0.6) is 0 Å². The lowest BCUT2D eigenvalue weighted by atomic mass is 10.1. The maximum absolute atomic E-state index is 13.5. The van der Waals surface area contributed by atoms with Crippen molar-refractivity contribution in [3.8, 4) is 0 Å². The number of aryl methyl sites for hydroxylation is 1. The van der Waals surface area contributed by atoms with Crippen LogP contribution in [0.15, 0.2) is 47.4 Å². The second kappa shape index (κ2) is 6.48. The first-order chi connectivity index (χ1) is 9.58. The molecular formula is C16H19FN2O. The van der Waals surface area contributed by atoms with Crippen LogP contribution in [0.2, 0.25) is 0 Å². The second-order valence-electron chi connectivity index (χ2n) is 4.92. The van der Waals surface area contributed by atoms with Gasteiger partial charge in [0.1, 0.15) is 5.82 Å². The van der Waals surface area contributed by atoms with Crippen molar-refractivity contribution in [2.24, 2.45) is 0 Å². The van der Waals surface area contributed by atoms with E-state index in [2.05, 4.69) is 5.32 Å². The Morgan fingerprint density at radius 1 is 1.30 bits per heavy atom. The standard InChI is InChI=1S/C16H19FN2O/c1-12-6-7-14(11-15(12)17)13(2)18-8-10-19-9-4-3-5-16(19)20/h3-7,9,11,13,18H,8,10H2,1-2H3. The minimum Gasteiger partial charge on any atom is -0.314 e. The number of nitrogens with one attached hydrogen (secondary N) is 1. The number of rotatable bonds is 5. The van der Waals surface area contributed by atoms with Crippen molar-refractivity contribution < 1.29 is 4.39 Å². The molecule has 0 saturated carbocycles. The monoisotopic (exact) mass is 274 g/mol. The van der Waals surface area contributed by atoms with Crippen molar-refractivity contribution in [1.82, 2.24) is 9.88 Å². The van der Waals surface area contributed by atoms with Crippen LogP contribution in [0.3, 0.4) is 0 Å². The molecule has 20 heavy (non-hydrogen) atoms. The number of aromatic nitrogens is 1. The Bertz CT molecular complexity index is 636. The number of halogens is 1. The lowest BCUT2D eigenvalue weighted by molar-refractivity contribution is 0.521. The minimum atomic E-state index is -0.185. The molecule has 1 N–H and O–H groups in total. The summed E-state index contributed by atoms with van der Waals surface area (Å²) in [5, 5.41) is 3.29. The van der Waals surface area contributed by atoms with Crippen LogP contribution in [0.4, 0.5) is 4.39 Å². The van der Waals surface area contributed by atoms with Gasteiger partial charge in [-0.2, -0.15) is 0 Å². The van der Waals surface area contributed by atoms with E-state index in [0.29, 0.717) is 18.7 Å². The van der Waals surface area contributed by atoms with Crippen LogP contribution in [-0.4, -0.2) is 11.1 Å². The van der Waals surface area contributed by atoms with E-state index < -0.39 is 0 Å². The van der Waals surface area contributed by atoms with E-state index in [1.807, 2.05) is 19.1 Å². The third-order valence-electron chi connectivity index (χ3n) is 3.40. The van der Waals surface area contributed by atoms with Crippen molar-refractivity contribution in [3.05, 3.63) is 69.9 Å². The quantitative estimate of drug-likeness (QED) is 0.909. The molecule has 4 heteroatoms. The van der Waals surface area contributed by atoms with E-state index >= 15 is 0 Å². The molecule has 0 aliphatic carbocycles. The predicted molar refractivity (Wildman–Crippen MR) is 78.3 cm³/mol. The third kappa shape index (κ3) is 3.54. The molecule has 1 aromatic carbocycles. The third-order valence-corrected chi connectivity index (χ3v) is 3.40. The van der Waals surface area contributed by atoms with E-state index in [9.17, 15) is 9.18 Å². The molecule has 2 rings (SSSR count). The van der Waals surface area contributed by atoms with E-state index in [-0.39, 0.29) is 17.4 Å². The number of nitrogens with zero attached hydrogens (tertiary/aromatic N) is 1. The van der Waals surface area contributed by atoms with Crippen molar-refractivity contribution >= 4 is 0 Å². The summed E-state index contributed by atoms with van der Waals surface area (Å²) in [6.45, 7) is 4.98. The van der Waals surface area contributed by atoms with Gasteiger partial charge in [-0.15, -0.1) is 0 Å². The minimum absolute atomic E-state index is 0.0108. The highest BCUT2D eigenvalue weighted by Crippen LogP contribution is 2.15. The molecule has 0 fully saturated rings. The molecule has 0 aliphatic heterocycles. The van der Waals surface area contributed by atoms with Gasteiger partial charge in [0, 0.05) is 31.4 Å². The van der Waals surface area contributed by atoms with Gasteiger partial charge in [0.15, 0.2) is 0 Å². The zero-order chi connectivity index (χ0) is 14.5. The van der Waals surface area contributed by atoms with E-state index in [1.165, 1.54) is 0 Å². The number of hydrogen-bond donors (Lipinski definition) is 1. The molecule has 2 aromatic rings. The molecule has 0 radical (unpaired) electrons. The lowest BCUT2D eigenvalue weighted by Crippen LogP contribution is -2.27. The van der Waals surface area contributed by atoms with Gasteiger partial charge in [-0.05, 0) is 37.1 Å². The summed E-state index contributed by atoms with van der Waals surface area (Å²) in [5.74, 6) is -0.185. The molecule has 106 valence electrons. The van der Waals surface area contributed by atoms with Gasteiger partial charge in [0.25, 0.3) is 5.56 Å². The average Bonchev–Trinajstić information content (AvgIpc) is 2.44. The van der Waals surface area contributed by atoms with Gasteiger partial charge in [0.05, 0.1) is 0 Å². The summed E-state index contributed by atoms with van der Waals surface area (Å²) >= 11 is 0. The Morgan fingerprint density at radius 3 is 2.80 bits per heavy atom. The summed E-state index contributed by atoms with van der Waals surface area (Å²) in [6, 6.07) is 10.4. The zero-order valence-electron chi connectivity index (χ0n) is 11.8. The summed E-state index contributed by atoms with van der Waals surface area (Å²) in [5.41, 5.74) is 1.55. The summed E-state index contributed by atoms with van der Waals surface area (Å²) in [4.78, 5) is 11.5. The fourth-order valence-electron chi connectivity index (χ4n) is 2.04. The van der Waals surface area contributed by atoms with Gasteiger partial charge in [-0.25, -0.2) is 4.39 Å². The van der Waals surface area contributed by atoms with Crippen LogP contribution in [0, 0.1) is 12.7 Å². The lowest BCUT2D eigenvalue weighted by Gasteiger charge is -2.15. The van der Waals surface area contributed by atoms with Crippen molar-refractivity contribution in [2.75, 3.05) is 6.54 Å². The number of benzene rings is 1. The van der Waals surface area contributed by atoms with Gasteiger partial charge in [-0.1, -0.05) is 18.2 Å². The molecule has 0 aliphatic rings. The average molecular weight is 274 g/mol. The topological polar surface area (TPSA) is 34.0 Å². The number of hydrogen-bond acceptors (Lipinski definition) is 2. The summed E-state index contributed by atoms with van der Waals surface area (Å²) in [7, 11) is 0. The van der Waals surface area contributed by atoms with Gasteiger partial charge in [-0.3, -0.25) is 4.79 Å². The Morgan fingerprint density at radius 2 is 2.10 bits per heavy atom. The molecule has 1 atom stereocenters. The largest absolute Gasteiger partial charge is 0.314 e. The van der Waals surface area contributed by atoms with Crippen LogP contribution >= 0.6 is 0 Å². The zero-order valence-corrected chi connectivity index (χ0v) is 11.8. The first-order valence-corrected chi connectivity index (χ1v) is 6.73. The molecule has 0 spiro atoms. The van der Waals surface area contributed by atoms with Crippen LogP contribution in [-0.2, 0) is 6.54 Å². The SMILES string of the molecule is Cc1ccc(C(C)NCCn2ccccc2=O)cc1F. The van der Waals surface area contributed by atoms with Crippen molar-refractivity contribution in [2.45, 2.75) is 26.4 Å². The highest BCUT2D eigenvalue weighted by Gasteiger charge is 2.07. The van der Waals surface area contributed by atoms with E-state index in [4.69, 9.17) is 0 Å². The predicted octanol–water partition coefficient (Wildman–Crippen LogP) is 2.65. The molecule has 0 amide bonds. The van der Waals surface area contributed by atoms with Crippen LogP contribution in [0.25, 0.3) is 0 Å². The number of pyridine rings is 1. The van der Waals surface area contributed by atoms with Crippen molar-refractivity contribution in [1.29, 1.82) is 0 Å². The van der Waals surface area contributed by atoms with E-state index in [1.54, 1.807) is 42.0 Å². The fourth-order valence-corrected chi connectivity index (χ4v) is 2.04. The first kappa shape index (κ1) is 14.5. The normalized spacial score (nSPS) is 12.3. The Balaban J connectivity index is 1.92. The molecule has 3 nitrogen and oxygen atoms in total. The molecule has 0 bridgehead atoms. The Kier molecular flexibility index (Phi) is 4.69. The second-order valence-corrected chi connectivity index (χ2v) is 4.92. The Labute approximate surface area is 118 Å². The molecule has 1 heterocycles. The maximum atomic E-state index is 13.5. The van der Waals surface area contributed by atoms with Gasteiger partial charge >= 0.3 is 0 Å². The summed E-state index contributed by atoms with van der Waals surface area (Å²) < 4.78 is 15.2. The molecule has 1 unspecified atom stereocenters. The highest BCUT2D eigenvalue weighted by atomic mass is 19.1. The first-order valence-electron chi connectivity index (χ1n) is 6.73. The van der Waals surface area contributed by atoms with Gasteiger partial charge < -0.3 is 9.88 Å². The Hall–Kier alpha value is -1.94. The van der Waals surface area contributed by atoms with Crippen LogP contribution in [0.1, 0.15) is 24.1 Å². The molecule has 0 saturated heterocycles. The van der Waals surface area contributed by atoms with E-state index in [0.717, 1.165) is 5.56 Å². The molecule has 1 aromatic heterocycles. The highest BCUT2D eigenvalue weighted by molar-refractivity contribution is 5.25. The summed E-state index contributed by atoms with van der Waals surface area (Å²) in [6.07, 6.45) is 1.76. The van der Waals surface area contributed by atoms with Gasteiger partial charge in [0.2, 0.25) is 0 Å². The smallest absolute Gasteiger partial charge is 0.250 e. The van der Waals surface area contributed by atoms with Crippen molar-refractivity contribution in [3.63, 3.8) is 0 Å². The fraction of sp³-hybridized carbons (Fsp3) is 0.312. The molecular weight excluding hydrogens is 255 g/mol. The van der Waals surface area contributed by atoms with Crippen LogP contribution < -0.4 is 10.9 Å².